The van der Waals surface area contributed by atoms with Crippen LogP contribution >= 0.6 is 0 Å². The molecule has 0 unspecified atom stereocenters. The van der Waals surface area contributed by atoms with Gasteiger partial charge in [0.15, 0.2) is 0 Å². The maximum absolute atomic E-state index is 14.5. The topological polar surface area (TPSA) is 57.7 Å². The molecule has 3 aliphatic rings. The van der Waals surface area contributed by atoms with Crippen LogP contribution in [0.25, 0.3) is 0 Å². The molecule has 0 saturated carbocycles. The Bertz CT molecular complexity index is 1090. The predicted molar refractivity (Wildman–Crippen MR) is 112 cm³/mol. The molecule has 4 rings (SSSR count). The summed E-state index contributed by atoms with van der Waals surface area (Å²) in [7, 11) is -3.33. The third-order valence-corrected chi connectivity index (χ3v) is 8.75. The number of benzene rings is 1. The summed E-state index contributed by atoms with van der Waals surface area (Å²) >= 11 is 0. The van der Waals surface area contributed by atoms with Crippen molar-refractivity contribution in [2.45, 2.75) is 62.1 Å². The van der Waals surface area contributed by atoms with Crippen molar-refractivity contribution in [2.75, 3.05) is 25.9 Å². The average Bonchev–Trinajstić information content (AvgIpc) is 3.38. The van der Waals surface area contributed by atoms with Crippen LogP contribution in [0.1, 0.15) is 48.3 Å². The van der Waals surface area contributed by atoms with E-state index in [9.17, 15) is 43.9 Å². The number of carbonyl (C=O) groups is 1. The molecular weight excluding hydrogens is 505 g/mol. The molecule has 1 aliphatic carbocycles. The van der Waals surface area contributed by atoms with Crippen molar-refractivity contribution < 1.29 is 43.9 Å². The molecule has 2 fully saturated rings. The van der Waals surface area contributed by atoms with Crippen molar-refractivity contribution in [3.8, 4) is 0 Å². The molecule has 0 aromatic heterocycles. The van der Waals surface area contributed by atoms with Crippen molar-refractivity contribution in [1.29, 1.82) is 0 Å². The summed E-state index contributed by atoms with van der Waals surface area (Å²) in [6.45, 7) is 1.00. The quantitative estimate of drug-likeness (QED) is 0.547. The van der Waals surface area contributed by atoms with Gasteiger partial charge in [0.2, 0.25) is 15.9 Å². The SMILES string of the molecule is CS(=O)(=O)N1CC[C@H](CC(=O)N2CC[C@H]3c4ccc(C(F)(C(F)(F)F)C(F)(F)F)cc4CC[C@H]32)C1. The largest absolute Gasteiger partial charge is 0.435 e. The highest BCUT2D eigenvalue weighted by atomic mass is 32.2. The minimum Gasteiger partial charge on any atom is -0.339 e. The van der Waals surface area contributed by atoms with E-state index in [1.54, 1.807) is 4.90 Å². The van der Waals surface area contributed by atoms with Crippen LogP contribution < -0.4 is 0 Å². The standard InChI is InChI=1S/C22H25F7N2O3S/c1-35(33,34)30-8-6-13(12-30)10-19(32)31-9-7-17-16-4-3-15(11-14(16)2-5-18(17)31)20(23,21(24,25)26)22(27,28)29/h3-4,11,13,17-18H,2,5-10,12H2,1H3/t13-,17+,18-/m1/s1. The third-order valence-electron chi connectivity index (χ3n) is 7.48. The van der Waals surface area contributed by atoms with Crippen molar-refractivity contribution >= 4 is 15.9 Å². The second kappa shape index (κ2) is 8.60. The van der Waals surface area contributed by atoms with Gasteiger partial charge in [-0.2, -0.15) is 26.3 Å². The molecule has 1 aromatic rings. The van der Waals surface area contributed by atoms with Crippen molar-refractivity contribution in [3.63, 3.8) is 0 Å². The number of halogens is 7. The van der Waals surface area contributed by atoms with Gasteiger partial charge in [0.1, 0.15) is 0 Å². The van der Waals surface area contributed by atoms with Gasteiger partial charge in [-0.15, -0.1) is 0 Å². The first-order chi connectivity index (χ1) is 16.0. The number of hydrogen-bond acceptors (Lipinski definition) is 3. The van der Waals surface area contributed by atoms with E-state index in [1.165, 1.54) is 4.31 Å². The second-order valence-corrected chi connectivity index (χ2v) is 11.6. The number of aryl methyl sites for hydroxylation is 1. The monoisotopic (exact) mass is 530 g/mol. The highest BCUT2D eigenvalue weighted by Gasteiger charge is 2.73. The summed E-state index contributed by atoms with van der Waals surface area (Å²) in [6, 6.07) is 2.08. The Labute approximate surface area is 198 Å². The van der Waals surface area contributed by atoms with E-state index in [1.807, 2.05) is 0 Å². The van der Waals surface area contributed by atoms with Crippen LogP contribution in [-0.2, 0) is 26.9 Å². The summed E-state index contributed by atoms with van der Waals surface area (Å²) in [4.78, 5) is 14.7. The number of amides is 1. The Morgan fingerprint density at radius 2 is 1.66 bits per heavy atom. The fourth-order valence-electron chi connectivity index (χ4n) is 5.70. The molecule has 35 heavy (non-hydrogen) atoms. The number of hydrogen-bond donors (Lipinski definition) is 0. The molecule has 5 nitrogen and oxygen atoms in total. The summed E-state index contributed by atoms with van der Waals surface area (Å²) in [5, 5.41) is 0. The van der Waals surface area contributed by atoms with Gasteiger partial charge < -0.3 is 4.90 Å². The van der Waals surface area contributed by atoms with E-state index in [2.05, 4.69) is 0 Å². The van der Waals surface area contributed by atoms with Gasteiger partial charge in [-0.25, -0.2) is 17.1 Å². The van der Waals surface area contributed by atoms with Crippen LogP contribution in [0, 0.1) is 5.92 Å². The maximum atomic E-state index is 14.5. The summed E-state index contributed by atoms with van der Waals surface area (Å²) < 4.78 is 118. The van der Waals surface area contributed by atoms with Gasteiger partial charge >= 0.3 is 18.0 Å². The lowest BCUT2D eigenvalue weighted by Crippen LogP contribution is -2.50. The van der Waals surface area contributed by atoms with E-state index in [0.29, 0.717) is 50.0 Å². The molecule has 1 aromatic carbocycles. The van der Waals surface area contributed by atoms with Crippen molar-refractivity contribution in [1.82, 2.24) is 9.21 Å². The minimum absolute atomic E-state index is 0.114. The average molecular weight is 531 g/mol. The molecule has 3 atom stereocenters. The van der Waals surface area contributed by atoms with E-state index in [0.717, 1.165) is 12.3 Å². The number of rotatable bonds is 4. The van der Waals surface area contributed by atoms with Gasteiger partial charge in [0, 0.05) is 43.6 Å². The highest BCUT2D eigenvalue weighted by Crippen LogP contribution is 2.54. The van der Waals surface area contributed by atoms with Gasteiger partial charge in [0.25, 0.3) is 0 Å². The van der Waals surface area contributed by atoms with E-state index < -0.39 is 33.6 Å². The van der Waals surface area contributed by atoms with Crippen LogP contribution in [-0.4, -0.2) is 67.8 Å². The Morgan fingerprint density at radius 1 is 1.00 bits per heavy atom. The Kier molecular flexibility index (Phi) is 6.43. The molecule has 0 spiro atoms. The predicted octanol–water partition coefficient (Wildman–Crippen LogP) is 4.28. The Balaban J connectivity index is 1.51. The van der Waals surface area contributed by atoms with Crippen LogP contribution in [0.5, 0.6) is 0 Å². The maximum Gasteiger partial charge on any atom is 0.435 e. The van der Waals surface area contributed by atoms with Crippen molar-refractivity contribution in [2.24, 2.45) is 5.92 Å². The molecular formula is C22H25F7N2O3S. The first kappa shape index (κ1) is 26.2. The van der Waals surface area contributed by atoms with E-state index in [4.69, 9.17) is 0 Å². The number of alkyl halides is 7. The molecule has 2 saturated heterocycles. The second-order valence-electron chi connectivity index (χ2n) is 9.64. The minimum atomic E-state index is -6.17. The fraction of sp³-hybridized carbons (Fsp3) is 0.682. The third kappa shape index (κ3) is 4.54. The number of fused-ring (bicyclic) bond motifs is 3. The van der Waals surface area contributed by atoms with E-state index in [-0.39, 0.29) is 48.7 Å². The summed E-state index contributed by atoms with van der Waals surface area (Å²) in [6.07, 6.45) is -9.54. The fourth-order valence-corrected chi connectivity index (χ4v) is 6.62. The van der Waals surface area contributed by atoms with Gasteiger partial charge in [-0.05, 0) is 42.7 Å². The van der Waals surface area contributed by atoms with Crippen LogP contribution in [0.2, 0.25) is 0 Å². The van der Waals surface area contributed by atoms with E-state index >= 15 is 0 Å². The van der Waals surface area contributed by atoms with Crippen LogP contribution in [0.15, 0.2) is 18.2 Å². The Morgan fingerprint density at radius 3 is 2.23 bits per heavy atom. The summed E-state index contributed by atoms with van der Waals surface area (Å²) in [5.41, 5.74) is -6.19. The molecule has 2 aliphatic heterocycles. The molecule has 0 N–H and O–H groups in total. The molecule has 0 radical (unpaired) electrons. The molecule has 0 bridgehead atoms. The molecule has 1 amide bonds. The number of carbonyl (C=O) groups excluding carboxylic acids is 1. The lowest BCUT2D eigenvalue weighted by atomic mass is 9.77. The van der Waals surface area contributed by atoms with Gasteiger partial charge in [0.05, 0.1) is 6.26 Å². The van der Waals surface area contributed by atoms with Gasteiger partial charge in [-0.1, -0.05) is 18.2 Å². The number of sulfonamides is 1. The lowest BCUT2D eigenvalue weighted by molar-refractivity contribution is -0.348. The first-order valence-corrected chi connectivity index (χ1v) is 13.1. The first-order valence-electron chi connectivity index (χ1n) is 11.2. The number of nitrogens with zero attached hydrogens (tertiary/aromatic N) is 2. The molecule has 2 heterocycles. The van der Waals surface area contributed by atoms with Gasteiger partial charge in [-0.3, -0.25) is 4.79 Å². The highest BCUT2D eigenvalue weighted by molar-refractivity contribution is 7.88. The zero-order valence-corrected chi connectivity index (χ0v) is 19.6. The lowest BCUT2D eigenvalue weighted by Gasteiger charge is -2.35. The smallest absolute Gasteiger partial charge is 0.339 e. The molecule has 196 valence electrons. The number of likely N-dealkylation sites (tertiary alicyclic amines) is 1. The van der Waals surface area contributed by atoms with Crippen LogP contribution in [0.4, 0.5) is 30.7 Å². The summed E-state index contributed by atoms with van der Waals surface area (Å²) in [5.74, 6) is -0.523. The zero-order chi connectivity index (χ0) is 26.0. The Hall–Kier alpha value is -1.89. The molecule has 13 heteroatoms. The van der Waals surface area contributed by atoms with Crippen molar-refractivity contribution in [3.05, 3.63) is 34.9 Å². The van der Waals surface area contributed by atoms with Crippen LogP contribution in [0.3, 0.4) is 0 Å². The zero-order valence-electron chi connectivity index (χ0n) is 18.8. The normalized spacial score (nSPS) is 26.1.